The lowest BCUT2D eigenvalue weighted by Gasteiger charge is -1.99. The number of nitrogens with one attached hydrogen (secondary N) is 1. The van der Waals surface area contributed by atoms with Gasteiger partial charge in [-0.15, -0.1) is 0 Å². The Morgan fingerprint density at radius 2 is 2.36 bits per heavy atom. The molecule has 0 aliphatic carbocycles. The molecule has 0 spiro atoms. The molecule has 1 rings (SSSR count). The van der Waals surface area contributed by atoms with Crippen molar-refractivity contribution in [2.45, 2.75) is 18.4 Å². The summed E-state index contributed by atoms with van der Waals surface area (Å²) in [6.45, 7) is 2.11. The van der Waals surface area contributed by atoms with E-state index in [-0.39, 0.29) is 0 Å². The molecule has 1 atom stereocenters. The molecule has 0 amide bonds. The lowest BCUT2D eigenvalue weighted by atomic mass is 10.2. The second-order valence-corrected chi connectivity index (χ2v) is 3.81. The van der Waals surface area contributed by atoms with Gasteiger partial charge in [0.05, 0.1) is 0 Å². The highest BCUT2D eigenvalue weighted by Gasteiger charge is 1.95. The molecule has 0 radical (unpaired) electrons. The molecule has 0 saturated heterocycles. The van der Waals surface area contributed by atoms with Crippen molar-refractivity contribution >= 4 is 10.7 Å². The molecule has 0 aliphatic heterocycles. The molecule has 60 valence electrons. The molecule has 1 N–H and O–H groups in total. The largest absolute Gasteiger partial charge is 0.274 e. The molecule has 1 aromatic heterocycles. The molecule has 0 bridgehead atoms. The lowest BCUT2D eigenvalue weighted by molar-refractivity contribution is 1.05. The third kappa shape index (κ3) is 2.12. The molecule has 1 aromatic rings. The average Bonchev–Trinajstić information content (AvgIpc) is 2.05. The van der Waals surface area contributed by atoms with Gasteiger partial charge >= 0.3 is 0 Å². The van der Waals surface area contributed by atoms with Crippen molar-refractivity contribution in [3.8, 4) is 0 Å². The molecule has 2 nitrogen and oxygen atoms in total. The Bertz CT molecular complexity index is 271. The third-order valence-corrected chi connectivity index (χ3v) is 2.37. The first kappa shape index (κ1) is 8.40. The zero-order chi connectivity index (χ0) is 8.27. The van der Waals surface area contributed by atoms with E-state index in [1.54, 1.807) is 6.20 Å². The number of pyridine rings is 1. The van der Waals surface area contributed by atoms with E-state index in [1.807, 2.05) is 18.4 Å². The van der Waals surface area contributed by atoms with Crippen LogP contribution >= 0.6 is 0 Å². The normalized spacial score (nSPS) is 12.9. The van der Waals surface area contributed by atoms with Crippen LogP contribution in [0.25, 0.3) is 0 Å². The Balaban J connectivity index is 3.01. The van der Waals surface area contributed by atoms with E-state index in [9.17, 15) is 0 Å². The van der Waals surface area contributed by atoms with Crippen LogP contribution in [0.1, 0.15) is 12.5 Å². The minimum atomic E-state index is -0.452. The van der Waals surface area contributed by atoms with E-state index >= 15 is 0 Å². The fourth-order valence-corrected chi connectivity index (χ4v) is 1.38. The Hall–Kier alpha value is -0.700. The number of aromatic nitrogens is 1. The van der Waals surface area contributed by atoms with Crippen molar-refractivity contribution in [2.75, 3.05) is 6.26 Å². The van der Waals surface area contributed by atoms with Crippen molar-refractivity contribution in [3.63, 3.8) is 0 Å². The van der Waals surface area contributed by atoms with Gasteiger partial charge in [-0.2, -0.15) is 0 Å². The van der Waals surface area contributed by atoms with Gasteiger partial charge in [0, 0.05) is 6.20 Å². The smallest absolute Gasteiger partial charge is 0.106 e. The molecule has 0 aliphatic rings. The molecule has 0 fully saturated rings. The second-order valence-electron chi connectivity index (χ2n) is 2.37. The highest BCUT2D eigenvalue weighted by Crippen LogP contribution is 2.05. The van der Waals surface area contributed by atoms with E-state index in [0.717, 1.165) is 11.4 Å². The second kappa shape index (κ2) is 3.62. The Morgan fingerprint density at radius 1 is 1.64 bits per heavy atom. The van der Waals surface area contributed by atoms with Crippen LogP contribution in [0.2, 0.25) is 0 Å². The van der Waals surface area contributed by atoms with Crippen LogP contribution in [0.3, 0.4) is 0 Å². The molecular weight excluding hydrogens is 156 g/mol. The molecular formula is C8H12N2S. The van der Waals surface area contributed by atoms with Gasteiger partial charge in [-0.25, -0.2) is 4.98 Å². The van der Waals surface area contributed by atoms with Crippen LogP contribution in [0.4, 0.5) is 0 Å². The number of hydrogen-bond donors (Lipinski definition) is 1. The fraction of sp³-hybridized carbons (Fsp3) is 0.375. The van der Waals surface area contributed by atoms with Gasteiger partial charge in [0.25, 0.3) is 0 Å². The monoisotopic (exact) mass is 168 g/mol. The van der Waals surface area contributed by atoms with Gasteiger partial charge < -0.3 is 0 Å². The van der Waals surface area contributed by atoms with E-state index in [4.69, 9.17) is 4.78 Å². The van der Waals surface area contributed by atoms with Crippen molar-refractivity contribution in [3.05, 3.63) is 23.9 Å². The van der Waals surface area contributed by atoms with Gasteiger partial charge in [0.1, 0.15) is 5.03 Å². The summed E-state index contributed by atoms with van der Waals surface area (Å²) in [6.07, 6.45) is 4.67. The lowest BCUT2D eigenvalue weighted by Crippen LogP contribution is -1.91. The fourth-order valence-electron chi connectivity index (χ4n) is 0.838. The Kier molecular flexibility index (Phi) is 2.76. The van der Waals surface area contributed by atoms with E-state index in [2.05, 4.69) is 11.9 Å². The predicted octanol–water partition coefficient (Wildman–Crippen LogP) is 2.01. The number of aryl methyl sites for hydroxylation is 1. The summed E-state index contributed by atoms with van der Waals surface area (Å²) in [5.41, 5.74) is 1.27. The van der Waals surface area contributed by atoms with Crippen LogP contribution in [0.15, 0.2) is 23.4 Å². The van der Waals surface area contributed by atoms with Crippen molar-refractivity contribution < 1.29 is 0 Å². The predicted molar refractivity (Wildman–Crippen MR) is 47.9 cm³/mol. The van der Waals surface area contributed by atoms with Crippen LogP contribution in [0, 0.1) is 4.78 Å². The third-order valence-electron chi connectivity index (χ3n) is 1.52. The summed E-state index contributed by atoms with van der Waals surface area (Å²) in [5, 5.41) is 0.893. The topological polar surface area (TPSA) is 36.7 Å². The standard InChI is InChI=1S/C8H12N2S/c1-3-7-4-5-10-8(6-7)11(2)9/h4-6,9H,3H2,1-2H3. The molecule has 11 heavy (non-hydrogen) atoms. The SMILES string of the molecule is CCc1ccnc(S(C)=N)c1. The Morgan fingerprint density at radius 3 is 2.91 bits per heavy atom. The van der Waals surface area contributed by atoms with Gasteiger partial charge in [-0.05, 0) is 30.4 Å². The van der Waals surface area contributed by atoms with E-state index in [0.29, 0.717) is 0 Å². The van der Waals surface area contributed by atoms with Gasteiger partial charge in [-0.3, -0.25) is 4.78 Å². The maximum Gasteiger partial charge on any atom is 0.106 e. The summed E-state index contributed by atoms with van der Waals surface area (Å²) in [5.74, 6) is 0. The van der Waals surface area contributed by atoms with Crippen LogP contribution in [-0.4, -0.2) is 11.2 Å². The first-order valence-electron chi connectivity index (χ1n) is 3.56. The summed E-state index contributed by atoms with van der Waals surface area (Å²) in [4.78, 5) is 4.11. The highest BCUT2D eigenvalue weighted by atomic mass is 32.2. The molecule has 0 saturated carbocycles. The van der Waals surface area contributed by atoms with E-state index < -0.39 is 10.7 Å². The van der Waals surface area contributed by atoms with Crippen molar-refractivity contribution in [1.82, 2.24) is 4.98 Å². The van der Waals surface area contributed by atoms with Gasteiger partial charge in [0.2, 0.25) is 0 Å². The zero-order valence-electron chi connectivity index (χ0n) is 6.79. The van der Waals surface area contributed by atoms with Gasteiger partial charge in [-0.1, -0.05) is 17.6 Å². The summed E-state index contributed by atoms with van der Waals surface area (Å²) >= 11 is 0. The van der Waals surface area contributed by atoms with Gasteiger partial charge in [0.15, 0.2) is 0 Å². The van der Waals surface area contributed by atoms with Crippen LogP contribution in [0.5, 0.6) is 0 Å². The summed E-state index contributed by atoms with van der Waals surface area (Å²) in [7, 11) is -0.452. The molecule has 1 heterocycles. The summed E-state index contributed by atoms with van der Waals surface area (Å²) in [6, 6.07) is 4.01. The average molecular weight is 168 g/mol. The number of nitrogens with zero attached hydrogens (tertiary/aromatic N) is 1. The minimum Gasteiger partial charge on any atom is -0.274 e. The maximum absolute atomic E-state index is 7.46. The van der Waals surface area contributed by atoms with Crippen molar-refractivity contribution in [1.29, 1.82) is 4.78 Å². The summed E-state index contributed by atoms with van der Waals surface area (Å²) < 4.78 is 7.46. The van der Waals surface area contributed by atoms with Crippen molar-refractivity contribution in [2.24, 2.45) is 0 Å². The quantitative estimate of drug-likeness (QED) is 0.720. The molecule has 1 unspecified atom stereocenters. The number of hydrogen-bond acceptors (Lipinski definition) is 2. The molecule has 3 heteroatoms. The highest BCUT2D eigenvalue weighted by molar-refractivity contribution is 7.85. The number of rotatable bonds is 2. The molecule has 0 aromatic carbocycles. The van der Waals surface area contributed by atoms with Crippen LogP contribution in [-0.2, 0) is 17.1 Å². The maximum atomic E-state index is 7.46. The first-order chi connectivity index (χ1) is 5.24. The Labute approximate surface area is 69.6 Å². The van der Waals surface area contributed by atoms with E-state index in [1.165, 1.54) is 5.56 Å². The minimum absolute atomic E-state index is 0.452. The zero-order valence-corrected chi connectivity index (χ0v) is 7.61. The van der Waals surface area contributed by atoms with Crippen LogP contribution < -0.4 is 0 Å². The first-order valence-corrected chi connectivity index (χ1v) is 5.19.